The molecule has 0 saturated heterocycles. The van der Waals surface area contributed by atoms with E-state index in [2.05, 4.69) is 15.3 Å². The van der Waals surface area contributed by atoms with E-state index in [1.165, 1.54) is 29.2 Å². The van der Waals surface area contributed by atoms with E-state index in [1.807, 2.05) is 0 Å². The number of nitrogens with zero attached hydrogens (tertiary/aromatic N) is 4. The van der Waals surface area contributed by atoms with Crippen molar-refractivity contribution in [1.82, 2.24) is 20.0 Å². The van der Waals surface area contributed by atoms with Crippen molar-refractivity contribution in [3.8, 4) is 5.69 Å². The molecule has 0 radical (unpaired) electrons. The molecular formula is C17H12F4N4. The minimum Gasteiger partial charge on any atom is -0.259 e. The second-order valence-electron chi connectivity index (χ2n) is 5.97. The molecule has 2 heterocycles. The van der Waals surface area contributed by atoms with Crippen molar-refractivity contribution in [3.05, 3.63) is 71.6 Å². The molecule has 4 rings (SSSR count). The molecular weight excluding hydrogens is 336 g/mol. The first-order valence-corrected chi connectivity index (χ1v) is 7.62. The van der Waals surface area contributed by atoms with Gasteiger partial charge >= 0.3 is 6.18 Å². The van der Waals surface area contributed by atoms with Gasteiger partial charge in [0.1, 0.15) is 5.82 Å². The van der Waals surface area contributed by atoms with Crippen molar-refractivity contribution in [1.29, 1.82) is 0 Å². The molecule has 2 unspecified atom stereocenters. The zero-order valence-electron chi connectivity index (χ0n) is 12.8. The highest BCUT2D eigenvalue weighted by molar-refractivity contribution is 5.47. The van der Waals surface area contributed by atoms with Crippen LogP contribution in [0.3, 0.4) is 0 Å². The summed E-state index contributed by atoms with van der Waals surface area (Å²) >= 11 is 0. The maximum Gasteiger partial charge on any atom is 0.416 e. The molecule has 4 nitrogen and oxygen atoms in total. The van der Waals surface area contributed by atoms with Gasteiger partial charge < -0.3 is 0 Å². The molecule has 3 aromatic rings. The van der Waals surface area contributed by atoms with Crippen LogP contribution in [0.1, 0.15) is 34.9 Å². The predicted molar refractivity (Wildman–Crippen MR) is 80.7 cm³/mol. The van der Waals surface area contributed by atoms with E-state index in [4.69, 9.17) is 0 Å². The fourth-order valence-electron chi connectivity index (χ4n) is 3.12. The van der Waals surface area contributed by atoms with Crippen LogP contribution in [0.25, 0.3) is 5.69 Å². The number of benzene rings is 1. The number of alkyl halides is 3. The van der Waals surface area contributed by atoms with Crippen LogP contribution in [-0.4, -0.2) is 20.0 Å². The number of halogens is 4. The van der Waals surface area contributed by atoms with Crippen LogP contribution in [-0.2, 0) is 6.18 Å². The number of hydrogen-bond donors (Lipinski definition) is 0. The molecule has 1 aliphatic carbocycles. The van der Waals surface area contributed by atoms with Crippen molar-refractivity contribution in [2.75, 3.05) is 0 Å². The highest BCUT2D eigenvalue weighted by Gasteiger charge is 2.43. The average Bonchev–Trinajstić information content (AvgIpc) is 3.17. The van der Waals surface area contributed by atoms with Crippen LogP contribution in [0.15, 0.2) is 49.1 Å². The second-order valence-corrected chi connectivity index (χ2v) is 5.97. The minimum absolute atomic E-state index is 0.0264. The first-order valence-electron chi connectivity index (χ1n) is 7.62. The fraction of sp³-hybridized carbons (Fsp3) is 0.235. The van der Waals surface area contributed by atoms with Crippen LogP contribution >= 0.6 is 0 Å². The van der Waals surface area contributed by atoms with Crippen LogP contribution < -0.4 is 0 Å². The summed E-state index contributed by atoms with van der Waals surface area (Å²) in [6.45, 7) is 0. The van der Waals surface area contributed by atoms with E-state index in [9.17, 15) is 17.6 Å². The Morgan fingerprint density at radius 2 is 1.80 bits per heavy atom. The second kappa shape index (κ2) is 5.65. The number of pyridine rings is 1. The summed E-state index contributed by atoms with van der Waals surface area (Å²) < 4.78 is 53.8. The van der Waals surface area contributed by atoms with Crippen molar-refractivity contribution in [2.45, 2.75) is 24.4 Å². The zero-order valence-corrected chi connectivity index (χ0v) is 12.8. The first-order chi connectivity index (χ1) is 11.9. The Bertz CT molecular complexity index is 888. The van der Waals surface area contributed by atoms with Gasteiger partial charge in [-0.2, -0.15) is 13.2 Å². The molecule has 1 saturated carbocycles. The van der Waals surface area contributed by atoms with Gasteiger partial charge in [0.25, 0.3) is 0 Å². The van der Waals surface area contributed by atoms with Gasteiger partial charge in [-0.15, -0.1) is 5.10 Å². The Morgan fingerprint density at radius 1 is 1.04 bits per heavy atom. The summed E-state index contributed by atoms with van der Waals surface area (Å²) in [4.78, 5) is 3.86. The third-order valence-electron chi connectivity index (χ3n) is 4.41. The lowest BCUT2D eigenvalue weighted by Gasteiger charge is -2.10. The quantitative estimate of drug-likeness (QED) is 0.670. The minimum atomic E-state index is -4.36. The maximum absolute atomic E-state index is 14.4. The topological polar surface area (TPSA) is 43.6 Å². The molecule has 1 aromatic carbocycles. The normalized spacial score (nSPS) is 19.8. The van der Waals surface area contributed by atoms with Gasteiger partial charge in [0.05, 0.1) is 36.0 Å². The molecule has 0 aliphatic heterocycles. The van der Waals surface area contributed by atoms with Gasteiger partial charge in [-0.05, 0) is 36.0 Å². The molecule has 0 bridgehead atoms. The molecule has 2 atom stereocenters. The predicted octanol–water partition coefficient (Wildman–Crippen LogP) is 4.09. The Morgan fingerprint density at radius 3 is 2.44 bits per heavy atom. The summed E-state index contributed by atoms with van der Waals surface area (Å²) in [5, 5.41) is 7.58. The number of aromatic nitrogens is 4. The van der Waals surface area contributed by atoms with Gasteiger partial charge in [0.15, 0.2) is 0 Å². The van der Waals surface area contributed by atoms with E-state index in [-0.39, 0.29) is 11.8 Å². The molecule has 8 heteroatoms. The summed E-state index contributed by atoms with van der Waals surface area (Å²) in [6, 6.07) is 5.04. The monoisotopic (exact) mass is 348 g/mol. The third kappa shape index (κ3) is 2.88. The van der Waals surface area contributed by atoms with E-state index in [0.717, 1.165) is 23.9 Å². The van der Waals surface area contributed by atoms with Gasteiger partial charge in [-0.3, -0.25) is 4.98 Å². The molecule has 0 N–H and O–H groups in total. The van der Waals surface area contributed by atoms with E-state index < -0.39 is 17.6 Å². The van der Waals surface area contributed by atoms with Crippen molar-refractivity contribution < 1.29 is 17.6 Å². The molecule has 128 valence electrons. The summed E-state index contributed by atoms with van der Waals surface area (Å²) in [5.41, 5.74) is 1.04. The van der Waals surface area contributed by atoms with Crippen LogP contribution in [0.5, 0.6) is 0 Å². The Balaban J connectivity index is 1.64. The van der Waals surface area contributed by atoms with Gasteiger partial charge in [-0.1, -0.05) is 17.3 Å². The number of rotatable bonds is 3. The van der Waals surface area contributed by atoms with E-state index in [1.54, 1.807) is 6.20 Å². The lowest BCUT2D eigenvalue weighted by atomic mass is 10.0. The lowest BCUT2D eigenvalue weighted by Crippen LogP contribution is -2.05. The SMILES string of the molecule is Fc1cncc(-n2ccnn2)c1C1CC1c1ccc(C(F)(F)F)cc1. The molecule has 2 aromatic heterocycles. The van der Waals surface area contributed by atoms with Crippen LogP contribution in [0.4, 0.5) is 17.6 Å². The smallest absolute Gasteiger partial charge is 0.259 e. The standard InChI is InChI=1S/C17H12F4N4/c18-14-8-22-9-15(25-6-5-23-24-25)16(14)13-7-12(13)10-1-3-11(4-2-10)17(19,20)21/h1-6,8-9,12-13H,7H2. The maximum atomic E-state index is 14.4. The Kier molecular flexibility index (Phi) is 3.55. The van der Waals surface area contributed by atoms with Crippen LogP contribution in [0, 0.1) is 5.82 Å². The summed E-state index contributed by atoms with van der Waals surface area (Å²) in [5.74, 6) is -0.604. The van der Waals surface area contributed by atoms with E-state index >= 15 is 0 Å². The average molecular weight is 348 g/mol. The molecule has 0 spiro atoms. The van der Waals surface area contributed by atoms with Crippen LogP contribution in [0.2, 0.25) is 0 Å². The van der Waals surface area contributed by atoms with E-state index in [0.29, 0.717) is 17.7 Å². The Hall–Kier alpha value is -2.77. The number of hydrogen-bond acceptors (Lipinski definition) is 3. The third-order valence-corrected chi connectivity index (χ3v) is 4.41. The fourth-order valence-corrected chi connectivity index (χ4v) is 3.12. The zero-order chi connectivity index (χ0) is 17.6. The largest absolute Gasteiger partial charge is 0.416 e. The first kappa shape index (κ1) is 15.7. The summed E-state index contributed by atoms with van der Waals surface area (Å²) in [7, 11) is 0. The molecule has 1 aliphatic rings. The molecule has 25 heavy (non-hydrogen) atoms. The highest BCUT2D eigenvalue weighted by atomic mass is 19.4. The van der Waals surface area contributed by atoms with Crippen molar-refractivity contribution in [3.63, 3.8) is 0 Å². The molecule has 0 amide bonds. The molecule has 1 fully saturated rings. The van der Waals surface area contributed by atoms with Crippen molar-refractivity contribution in [2.24, 2.45) is 0 Å². The lowest BCUT2D eigenvalue weighted by molar-refractivity contribution is -0.137. The van der Waals surface area contributed by atoms with Gasteiger partial charge in [0.2, 0.25) is 0 Å². The van der Waals surface area contributed by atoms with Gasteiger partial charge in [0, 0.05) is 5.56 Å². The Labute approximate surface area is 140 Å². The van der Waals surface area contributed by atoms with Gasteiger partial charge in [-0.25, -0.2) is 9.07 Å². The summed E-state index contributed by atoms with van der Waals surface area (Å²) in [6.07, 6.45) is 2.02. The van der Waals surface area contributed by atoms with Crippen molar-refractivity contribution >= 4 is 0 Å². The highest BCUT2D eigenvalue weighted by Crippen LogP contribution is 2.56.